The van der Waals surface area contributed by atoms with Crippen LogP contribution in [0.5, 0.6) is 0 Å². The fourth-order valence-corrected chi connectivity index (χ4v) is 3.12. The molecule has 0 bridgehead atoms. The number of benzene rings is 1. The van der Waals surface area contributed by atoms with Gasteiger partial charge in [-0.2, -0.15) is 0 Å². The van der Waals surface area contributed by atoms with Gasteiger partial charge in [0.25, 0.3) is 5.89 Å². The first-order valence-electron chi connectivity index (χ1n) is 8.59. The Morgan fingerprint density at radius 2 is 1.96 bits per heavy atom. The predicted octanol–water partition coefficient (Wildman–Crippen LogP) is 2.86. The van der Waals surface area contributed by atoms with E-state index in [2.05, 4.69) is 27.0 Å². The average molecular weight is 348 g/mol. The molecule has 26 heavy (non-hydrogen) atoms. The van der Waals surface area contributed by atoms with Gasteiger partial charge in [-0.1, -0.05) is 36.4 Å². The number of aromatic nitrogens is 2. The smallest absolute Gasteiger partial charge is 0.309 e. The Morgan fingerprint density at radius 3 is 2.69 bits per heavy atom. The van der Waals surface area contributed by atoms with Crippen molar-refractivity contribution < 1.29 is 9.21 Å². The van der Waals surface area contributed by atoms with E-state index in [0.29, 0.717) is 19.6 Å². The molecule has 0 fully saturated rings. The van der Waals surface area contributed by atoms with Crippen molar-refractivity contribution in [1.82, 2.24) is 19.8 Å². The molecule has 0 radical (unpaired) electrons. The van der Waals surface area contributed by atoms with Crippen molar-refractivity contribution in [1.29, 1.82) is 0 Å². The van der Waals surface area contributed by atoms with Crippen molar-refractivity contribution in [3.05, 3.63) is 83.3 Å². The fourth-order valence-electron chi connectivity index (χ4n) is 3.12. The zero-order chi connectivity index (χ0) is 17.9. The van der Waals surface area contributed by atoms with Gasteiger partial charge in [0.05, 0.1) is 24.5 Å². The molecule has 0 unspecified atom stereocenters. The van der Waals surface area contributed by atoms with E-state index in [9.17, 15) is 4.79 Å². The van der Waals surface area contributed by atoms with E-state index in [-0.39, 0.29) is 11.8 Å². The number of fused-ring (bicyclic) bond motifs is 1. The molecule has 132 valence electrons. The summed E-state index contributed by atoms with van der Waals surface area (Å²) in [6.45, 7) is 2.64. The van der Waals surface area contributed by atoms with Crippen LogP contribution in [0.25, 0.3) is 0 Å². The second-order valence-electron chi connectivity index (χ2n) is 6.50. The lowest BCUT2D eigenvalue weighted by molar-refractivity contribution is 0.0739. The standard InChI is InChI=1S/C20H20N4O2/c1-23(12-16-9-5-6-10-21-16)20(25)19-22-17-13-24(14-18(17)26-19)11-15-7-3-2-4-8-15/h2-10H,11-14H2,1H3. The zero-order valence-electron chi connectivity index (χ0n) is 14.6. The van der Waals surface area contributed by atoms with Crippen LogP contribution in [-0.2, 0) is 26.2 Å². The topological polar surface area (TPSA) is 62.5 Å². The number of nitrogens with zero attached hydrogens (tertiary/aromatic N) is 4. The first-order valence-corrected chi connectivity index (χ1v) is 8.59. The van der Waals surface area contributed by atoms with Gasteiger partial charge in [0.2, 0.25) is 0 Å². The number of pyridine rings is 1. The molecule has 3 heterocycles. The Morgan fingerprint density at radius 1 is 1.15 bits per heavy atom. The molecule has 0 saturated carbocycles. The molecule has 0 saturated heterocycles. The van der Waals surface area contributed by atoms with E-state index >= 15 is 0 Å². The highest BCUT2D eigenvalue weighted by Crippen LogP contribution is 2.25. The summed E-state index contributed by atoms with van der Waals surface area (Å²) in [6.07, 6.45) is 1.72. The number of carbonyl (C=O) groups is 1. The second kappa shape index (κ2) is 7.09. The van der Waals surface area contributed by atoms with Crippen LogP contribution in [0.4, 0.5) is 0 Å². The largest absolute Gasteiger partial charge is 0.436 e. The van der Waals surface area contributed by atoms with Crippen LogP contribution < -0.4 is 0 Å². The highest BCUT2D eigenvalue weighted by Gasteiger charge is 2.28. The quantitative estimate of drug-likeness (QED) is 0.709. The summed E-state index contributed by atoms with van der Waals surface area (Å²) in [4.78, 5) is 25.1. The molecule has 2 aromatic heterocycles. The maximum absolute atomic E-state index is 12.6. The van der Waals surface area contributed by atoms with E-state index in [1.807, 2.05) is 36.4 Å². The Kier molecular flexibility index (Phi) is 4.50. The number of amides is 1. The van der Waals surface area contributed by atoms with Crippen molar-refractivity contribution in [2.45, 2.75) is 26.2 Å². The fraction of sp³-hybridized carbons (Fsp3) is 0.250. The van der Waals surface area contributed by atoms with Gasteiger partial charge in [-0.3, -0.25) is 14.7 Å². The minimum absolute atomic E-state index is 0.160. The zero-order valence-corrected chi connectivity index (χ0v) is 14.6. The van der Waals surface area contributed by atoms with Crippen LogP contribution in [0, 0.1) is 0 Å². The molecular formula is C20H20N4O2. The van der Waals surface area contributed by atoms with Crippen LogP contribution >= 0.6 is 0 Å². The van der Waals surface area contributed by atoms with E-state index in [4.69, 9.17) is 4.42 Å². The van der Waals surface area contributed by atoms with Gasteiger partial charge < -0.3 is 9.32 Å². The summed E-state index contributed by atoms with van der Waals surface area (Å²) in [5.41, 5.74) is 2.94. The maximum atomic E-state index is 12.6. The molecule has 1 aliphatic heterocycles. The van der Waals surface area contributed by atoms with E-state index in [1.165, 1.54) is 5.56 Å². The molecule has 0 aliphatic carbocycles. The Balaban J connectivity index is 1.39. The third-order valence-electron chi connectivity index (χ3n) is 4.42. The van der Waals surface area contributed by atoms with Gasteiger partial charge in [0.1, 0.15) is 5.76 Å². The minimum atomic E-state index is -0.223. The molecule has 0 spiro atoms. The lowest BCUT2D eigenvalue weighted by Crippen LogP contribution is -2.27. The lowest BCUT2D eigenvalue weighted by Gasteiger charge is -2.16. The molecular weight excluding hydrogens is 328 g/mol. The van der Waals surface area contributed by atoms with Crippen LogP contribution in [0.2, 0.25) is 0 Å². The van der Waals surface area contributed by atoms with Crippen molar-refractivity contribution in [3.8, 4) is 0 Å². The van der Waals surface area contributed by atoms with E-state index in [0.717, 1.165) is 23.7 Å². The van der Waals surface area contributed by atoms with Gasteiger partial charge >= 0.3 is 5.91 Å². The molecule has 3 aromatic rings. The van der Waals surface area contributed by atoms with Crippen molar-refractivity contribution in [2.75, 3.05) is 7.05 Å². The first-order chi connectivity index (χ1) is 12.7. The molecule has 1 aromatic carbocycles. The molecule has 1 amide bonds. The summed E-state index contributed by atoms with van der Waals surface area (Å²) in [5.74, 6) is 0.725. The molecule has 0 N–H and O–H groups in total. The summed E-state index contributed by atoms with van der Waals surface area (Å²) in [5, 5.41) is 0. The molecule has 6 heteroatoms. The van der Waals surface area contributed by atoms with Gasteiger partial charge in [-0.05, 0) is 17.7 Å². The number of rotatable bonds is 5. The van der Waals surface area contributed by atoms with Gasteiger partial charge in [-0.15, -0.1) is 0 Å². The molecule has 0 atom stereocenters. The van der Waals surface area contributed by atoms with Crippen molar-refractivity contribution >= 4 is 5.91 Å². The van der Waals surface area contributed by atoms with Crippen molar-refractivity contribution in [3.63, 3.8) is 0 Å². The molecule has 6 nitrogen and oxygen atoms in total. The Labute approximate surface area is 152 Å². The highest BCUT2D eigenvalue weighted by atomic mass is 16.4. The number of carbonyl (C=O) groups excluding carboxylic acids is 1. The SMILES string of the molecule is CN(Cc1ccccn1)C(=O)c1nc2c(o1)CN(Cc1ccccc1)C2. The number of oxazole rings is 1. The van der Waals surface area contributed by atoms with Gasteiger partial charge in [-0.25, -0.2) is 4.98 Å². The van der Waals surface area contributed by atoms with E-state index in [1.54, 1.807) is 18.1 Å². The minimum Gasteiger partial charge on any atom is -0.436 e. The summed E-state index contributed by atoms with van der Waals surface area (Å²) >= 11 is 0. The van der Waals surface area contributed by atoms with Crippen LogP contribution in [-0.4, -0.2) is 32.7 Å². The monoisotopic (exact) mass is 348 g/mol. The normalized spacial score (nSPS) is 13.6. The molecule has 4 rings (SSSR count). The highest BCUT2D eigenvalue weighted by molar-refractivity contribution is 5.89. The van der Waals surface area contributed by atoms with Gasteiger partial charge in [0.15, 0.2) is 0 Å². The van der Waals surface area contributed by atoms with Crippen LogP contribution in [0.15, 0.2) is 59.1 Å². The Bertz CT molecular complexity index is 869. The third kappa shape index (κ3) is 3.50. The lowest BCUT2D eigenvalue weighted by atomic mass is 10.2. The van der Waals surface area contributed by atoms with E-state index < -0.39 is 0 Å². The molecule has 1 aliphatic rings. The third-order valence-corrected chi connectivity index (χ3v) is 4.42. The summed E-state index contributed by atoms with van der Waals surface area (Å²) in [7, 11) is 1.73. The summed E-state index contributed by atoms with van der Waals surface area (Å²) in [6, 6.07) is 15.9. The number of hydrogen-bond acceptors (Lipinski definition) is 5. The summed E-state index contributed by atoms with van der Waals surface area (Å²) < 4.78 is 5.75. The second-order valence-corrected chi connectivity index (χ2v) is 6.50. The predicted molar refractivity (Wildman–Crippen MR) is 95.9 cm³/mol. The first kappa shape index (κ1) is 16.5. The maximum Gasteiger partial charge on any atom is 0.309 e. The number of hydrogen-bond donors (Lipinski definition) is 0. The van der Waals surface area contributed by atoms with Crippen molar-refractivity contribution in [2.24, 2.45) is 0 Å². The van der Waals surface area contributed by atoms with Crippen LogP contribution in [0.1, 0.15) is 33.4 Å². The average Bonchev–Trinajstić information content (AvgIpc) is 3.21. The van der Waals surface area contributed by atoms with Gasteiger partial charge in [0, 0.05) is 26.3 Å². The Hall–Kier alpha value is -2.99. The van der Waals surface area contributed by atoms with Crippen LogP contribution in [0.3, 0.4) is 0 Å².